The zero-order valence-corrected chi connectivity index (χ0v) is 11.7. The summed E-state index contributed by atoms with van der Waals surface area (Å²) in [6.07, 6.45) is 0. The number of ketones is 1. The zero-order valence-electron chi connectivity index (χ0n) is 10.9. The molecule has 0 amide bonds. The highest BCUT2D eigenvalue weighted by Crippen LogP contribution is 2.29. The minimum Gasteiger partial charge on any atom is -0.452 e. The van der Waals surface area contributed by atoms with Crippen LogP contribution >= 0.6 is 11.6 Å². The molecule has 0 fully saturated rings. The first-order chi connectivity index (χ1) is 9.99. The van der Waals surface area contributed by atoms with Gasteiger partial charge in [0, 0.05) is 16.0 Å². The summed E-state index contributed by atoms with van der Waals surface area (Å²) in [6, 6.07) is 8.37. The molecule has 0 N–H and O–H groups in total. The third-order valence-corrected chi connectivity index (χ3v) is 3.54. The number of carbonyl (C=O) groups excluding carboxylic acids is 1. The Morgan fingerprint density at radius 3 is 2.71 bits per heavy atom. The smallest absolute Gasteiger partial charge is 0.231 e. The Morgan fingerprint density at radius 2 is 1.95 bits per heavy atom. The third-order valence-electron chi connectivity index (χ3n) is 3.30. The highest BCUT2D eigenvalue weighted by Gasteiger charge is 2.23. The molecule has 106 valence electrons. The average molecular weight is 307 g/mol. The molecule has 2 aromatic carbocycles. The van der Waals surface area contributed by atoms with Crippen molar-refractivity contribution in [2.24, 2.45) is 0 Å². The third kappa shape index (κ3) is 2.21. The van der Waals surface area contributed by atoms with E-state index in [-0.39, 0.29) is 11.3 Å². The van der Waals surface area contributed by atoms with Gasteiger partial charge in [0.25, 0.3) is 0 Å². The van der Waals surface area contributed by atoms with Gasteiger partial charge in [0.05, 0.1) is 5.56 Å². The van der Waals surface area contributed by atoms with Crippen molar-refractivity contribution in [1.29, 1.82) is 0 Å². The molecule has 0 aliphatic carbocycles. The molecule has 3 aromatic rings. The Bertz CT molecular complexity index is 868. The number of hydrogen-bond donors (Lipinski definition) is 0. The average Bonchev–Trinajstić information content (AvgIpc) is 2.78. The Kier molecular flexibility index (Phi) is 3.26. The first kappa shape index (κ1) is 13.8. The molecule has 5 heteroatoms. The van der Waals surface area contributed by atoms with E-state index < -0.39 is 17.4 Å². The molecule has 0 saturated heterocycles. The van der Waals surface area contributed by atoms with Crippen LogP contribution in [0.15, 0.2) is 40.8 Å². The molecule has 0 aliphatic heterocycles. The fraction of sp³-hybridized carbons (Fsp3) is 0.0625. The molecule has 1 heterocycles. The molecule has 0 unspecified atom stereocenters. The van der Waals surface area contributed by atoms with Crippen molar-refractivity contribution in [3.63, 3.8) is 0 Å². The second-order valence-corrected chi connectivity index (χ2v) is 5.06. The summed E-state index contributed by atoms with van der Waals surface area (Å²) in [4.78, 5) is 12.4. The molecule has 0 aliphatic rings. The molecular formula is C16H9ClF2O2. The number of benzene rings is 2. The van der Waals surface area contributed by atoms with E-state index in [0.717, 1.165) is 6.07 Å². The lowest BCUT2D eigenvalue weighted by Gasteiger charge is -2.01. The highest BCUT2D eigenvalue weighted by molar-refractivity contribution is 6.31. The number of aryl methyl sites for hydroxylation is 1. The predicted octanol–water partition coefficient (Wildman–Crippen LogP) is 4.90. The van der Waals surface area contributed by atoms with Crippen LogP contribution in [0.5, 0.6) is 0 Å². The van der Waals surface area contributed by atoms with Gasteiger partial charge in [-0.3, -0.25) is 4.79 Å². The standard InChI is InChI=1S/C16H9ClF2O2/c1-8-11-7-9(17)5-6-13(11)21-16(8)15(20)10-3-2-4-12(18)14(10)19/h2-7H,1H3. The van der Waals surface area contributed by atoms with Crippen molar-refractivity contribution in [2.45, 2.75) is 6.92 Å². The maximum absolute atomic E-state index is 13.7. The Morgan fingerprint density at radius 1 is 1.19 bits per heavy atom. The minimum atomic E-state index is -1.18. The van der Waals surface area contributed by atoms with Crippen LogP contribution in [-0.4, -0.2) is 5.78 Å². The zero-order chi connectivity index (χ0) is 15.1. The minimum absolute atomic E-state index is 0.0169. The van der Waals surface area contributed by atoms with Crippen molar-refractivity contribution in [1.82, 2.24) is 0 Å². The summed E-state index contributed by atoms with van der Waals surface area (Å²) in [5.74, 6) is -2.97. The van der Waals surface area contributed by atoms with Crippen LogP contribution in [0, 0.1) is 18.6 Å². The van der Waals surface area contributed by atoms with E-state index in [2.05, 4.69) is 0 Å². The normalized spacial score (nSPS) is 11.0. The number of fused-ring (bicyclic) bond motifs is 1. The van der Waals surface area contributed by atoms with E-state index in [1.807, 2.05) is 0 Å². The van der Waals surface area contributed by atoms with Crippen LogP contribution in [0.1, 0.15) is 21.7 Å². The summed E-state index contributed by atoms with van der Waals surface area (Å²) in [5.41, 5.74) is 0.654. The molecule has 0 saturated carbocycles. The van der Waals surface area contributed by atoms with Gasteiger partial charge in [0.1, 0.15) is 5.58 Å². The van der Waals surface area contributed by atoms with E-state index >= 15 is 0 Å². The van der Waals surface area contributed by atoms with Gasteiger partial charge in [0.2, 0.25) is 5.78 Å². The lowest BCUT2D eigenvalue weighted by molar-refractivity contribution is 0.101. The number of furan rings is 1. The summed E-state index contributed by atoms with van der Waals surface area (Å²) in [5, 5.41) is 1.17. The summed E-state index contributed by atoms with van der Waals surface area (Å²) < 4.78 is 32.4. The first-order valence-corrected chi connectivity index (χ1v) is 6.54. The molecule has 2 nitrogen and oxygen atoms in total. The van der Waals surface area contributed by atoms with Crippen LogP contribution in [0.2, 0.25) is 5.02 Å². The lowest BCUT2D eigenvalue weighted by Crippen LogP contribution is -2.06. The SMILES string of the molecule is Cc1c(C(=O)c2cccc(F)c2F)oc2ccc(Cl)cc12. The van der Waals surface area contributed by atoms with E-state index in [1.165, 1.54) is 12.1 Å². The van der Waals surface area contributed by atoms with Gasteiger partial charge in [0.15, 0.2) is 17.4 Å². The van der Waals surface area contributed by atoms with Gasteiger partial charge >= 0.3 is 0 Å². The fourth-order valence-corrected chi connectivity index (χ4v) is 2.38. The first-order valence-electron chi connectivity index (χ1n) is 6.16. The van der Waals surface area contributed by atoms with Gasteiger partial charge in [-0.2, -0.15) is 0 Å². The molecule has 0 radical (unpaired) electrons. The topological polar surface area (TPSA) is 30.2 Å². The number of halogens is 3. The molecule has 0 spiro atoms. The van der Waals surface area contributed by atoms with Gasteiger partial charge in [-0.15, -0.1) is 0 Å². The molecule has 3 rings (SSSR count). The van der Waals surface area contributed by atoms with Gasteiger partial charge in [-0.25, -0.2) is 8.78 Å². The van der Waals surface area contributed by atoms with Gasteiger partial charge in [-0.05, 0) is 37.3 Å². The van der Waals surface area contributed by atoms with E-state index in [1.54, 1.807) is 25.1 Å². The second kappa shape index (κ2) is 4.97. The predicted molar refractivity (Wildman–Crippen MR) is 75.8 cm³/mol. The monoisotopic (exact) mass is 306 g/mol. The van der Waals surface area contributed by atoms with Gasteiger partial charge in [-0.1, -0.05) is 17.7 Å². The number of rotatable bonds is 2. The molecule has 1 aromatic heterocycles. The Labute approximate surface area is 123 Å². The van der Waals surface area contributed by atoms with Crippen molar-refractivity contribution in [3.8, 4) is 0 Å². The van der Waals surface area contributed by atoms with Crippen LogP contribution < -0.4 is 0 Å². The van der Waals surface area contributed by atoms with Crippen molar-refractivity contribution >= 4 is 28.4 Å². The van der Waals surface area contributed by atoms with E-state index in [0.29, 0.717) is 21.6 Å². The maximum atomic E-state index is 13.7. The van der Waals surface area contributed by atoms with Crippen LogP contribution in [0.3, 0.4) is 0 Å². The Hall–Kier alpha value is -2.20. The fourth-order valence-electron chi connectivity index (χ4n) is 2.21. The largest absolute Gasteiger partial charge is 0.452 e. The summed E-state index contributed by atoms with van der Waals surface area (Å²) >= 11 is 5.91. The Balaban J connectivity index is 2.18. The molecule has 0 bridgehead atoms. The number of hydrogen-bond acceptors (Lipinski definition) is 2. The van der Waals surface area contributed by atoms with Gasteiger partial charge < -0.3 is 4.42 Å². The maximum Gasteiger partial charge on any atom is 0.231 e. The van der Waals surface area contributed by atoms with E-state index in [9.17, 15) is 13.6 Å². The summed E-state index contributed by atoms with van der Waals surface area (Å²) in [6.45, 7) is 1.67. The quantitative estimate of drug-likeness (QED) is 0.630. The van der Waals surface area contributed by atoms with Crippen molar-refractivity contribution in [3.05, 3.63) is 69.9 Å². The van der Waals surface area contributed by atoms with Crippen molar-refractivity contribution in [2.75, 3.05) is 0 Å². The number of carbonyl (C=O) groups is 1. The molecule has 21 heavy (non-hydrogen) atoms. The van der Waals surface area contributed by atoms with Crippen LogP contribution in [0.25, 0.3) is 11.0 Å². The van der Waals surface area contributed by atoms with Crippen LogP contribution in [0.4, 0.5) is 8.78 Å². The lowest BCUT2D eigenvalue weighted by atomic mass is 10.0. The molecular weight excluding hydrogens is 298 g/mol. The highest BCUT2D eigenvalue weighted by atomic mass is 35.5. The van der Waals surface area contributed by atoms with Crippen LogP contribution in [-0.2, 0) is 0 Å². The second-order valence-electron chi connectivity index (χ2n) is 4.63. The van der Waals surface area contributed by atoms with E-state index in [4.69, 9.17) is 16.0 Å². The van der Waals surface area contributed by atoms with Crippen molar-refractivity contribution < 1.29 is 18.0 Å². The summed E-state index contributed by atoms with van der Waals surface area (Å²) in [7, 11) is 0. The molecule has 0 atom stereocenters.